The predicted octanol–water partition coefficient (Wildman–Crippen LogP) is 38.3. The van der Waals surface area contributed by atoms with Crippen molar-refractivity contribution in [2.75, 3.05) is 0 Å². The van der Waals surface area contributed by atoms with E-state index in [1.54, 1.807) is 35.6 Å². The summed E-state index contributed by atoms with van der Waals surface area (Å²) in [7, 11) is -0.738. The van der Waals surface area contributed by atoms with E-state index in [9.17, 15) is 20.2 Å². The summed E-state index contributed by atoms with van der Waals surface area (Å²) in [5.74, 6) is 0. The first kappa shape index (κ1) is 99.8. The van der Waals surface area contributed by atoms with Gasteiger partial charge in [0, 0.05) is 152 Å². The van der Waals surface area contributed by atoms with E-state index in [-0.39, 0.29) is 34.6 Å². The minimum Gasteiger partial charge on any atom is -0.454 e. The summed E-state index contributed by atoms with van der Waals surface area (Å²) >= 11 is 29.8. The highest BCUT2D eigenvalue weighted by molar-refractivity contribution is 14.1. The Hall–Kier alpha value is -11.5. The van der Waals surface area contributed by atoms with Crippen molar-refractivity contribution in [1.82, 2.24) is 4.57 Å². The second-order valence-corrected chi connectivity index (χ2v) is 48.4. The number of nitro benzene ring substituents is 2. The highest BCUT2D eigenvalue weighted by Gasteiger charge is 2.52. The average molecular weight is 2470 g/mol. The summed E-state index contributed by atoms with van der Waals surface area (Å²) in [6, 6.07) is 146. The van der Waals surface area contributed by atoms with Crippen molar-refractivity contribution in [2.45, 2.75) is 45.3 Å². The molecule has 7 heterocycles. The molecule has 23 heteroatoms. The molecule has 1 saturated heterocycles. The summed E-state index contributed by atoms with van der Waals surface area (Å²) in [6.45, 7) is 8.35. The molecule has 0 spiro atoms. The fourth-order valence-corrected chi connectivity index (χ4v) is 27.9. The van der Waals surface area contributed by atoms with Crippen molar-refractivity contribution in [3.8, 4) is 27.9 Å². The van der Waals surface area contributed by atoms with E-state index in [1.807, 2.05) is 101 Å². The van der Waals surface area contributed by atoms with Crippen molar-refractivity contribution in [3.05, 3.63) is 486 Å². The van der Waals surface area contributed by atoms with Crippen molar-refractivity contribution in [1.29, 1.82) is 0 Å². The van der Waals surface area contributed by atoms with Gasteiger partial charge in [-0.1, -0.05) is 359 Å². The average Bonchev–Trinajstić information content (AvgIpc) is 1.56. The van der Waals surface area contributed by atoms with E-state index < -0.39 is 12.8 Å². The van der Waals surface area contributed by atoms with Crippen LogP contribution in [0.5, 0.6) is 0 Å². The van der Waals surface area contributed by atoms with Crippen molar-refractivity contribution >= 4 is 336 Å². The molecule has 144 heavy (non-hydrogen) atoms. The molecule has 2 aliphatic rings. The number of benzene rings is 19. The SMILES string of the molecule is Brc1ccc2c(c1)Cc1c-2ccc2c1sc1ccccc12.Brc1ccc2c(c1)sc1ccccc12.Brc1ccc2c3ccc4c5ccccc5oc4c3n(-c3ccccc3)c2c1.CC1(C)OB(c2ccc3c(c2)sc2ccccc23)OC1(C)C.Ic1ccccc1.O=[N+]([O-])c1cc(Br)ccc1-c1ccc2c(c1)sc1ccccc12.O=[N+]([O-])c1cc(Br)ccc1Br.c1ccc(P(c2ccccc2)c2ccccc2)cc1. The van der Waals surface area contributed by atoms with Gasteiger partial charge < -0.3 is 18.3 Å². The highest BCUT2D eigenvalue weighted by atomic mass is 127. The Bertz CT molecular complexity index is 9000. The van der Waals surface area contributed by atoms with Crippen LogP contribution in [0.25, 0.3) is 152 Å². The molecule has 0 bridgehead atoms. The molecule has 27 rings (SSSR count). The van der Waals surface area contributed by atoms with Gasteiger partial charge in [0.1, 0.15) is 5.58 Å². The summed E-state index contributed by atoms with van der Waals surface area (Å²) in [5, 5.41) is 41.1. The Labute approximate surface area is 913 Å². The number of thiophene rings is 4. The molecule has 10 nitrogen and oxygen atoms in total. The maximum atomic E-state index is 11.3. The summed E-state index contributed by atoms with van der Waals surface area (Å²) < 4.78 is 38.1. The Balaban J connectivity index is 0.000000103. The van der Waals surface area contributed by atoms with Crippen molar-refractivity contribution < 1.29 is 23.6 Å². The molecule has 25 aromatic rings. The Morgan fingerprint density at radius 3 is 1.28 bits per heavy atom. The molecule has 19 aromatic carbocycles. The zero-order valence-corrected chi connectivity index (χ0v) is 93.5. The molecule has 0 N–H and O–H groups in total. The van der Waals surface area contributed by atoms with Crippen LogP contribution >= 0.6 is 171 Å². The highest BCUT2D eigenvalue weighted by Crippen LogP contribution is 2.49. The second-order valence-electron chi connectivity index (χ2n) is 35.2. The normalized spacial score (nSPS) is 12.6. The maximum Gasteiger partial charge on any atom is 0.494 e. The smallest absolute Gasteiger partial charge is 0.454 e. The number of fused-ring (bicyclic) bond motifs is 23. The van der Waals surface area contributed by atoms with Gasteiger partial charge in [0.25, 0.3) is 11.4 Å². The molecular weight excluding hydrogens is 2380 g/mol. The zero-order chi connectivity index (χ0) is 99.4. The lowest BCUT2D eigenvalue weighted by molar-refractivity contribution is -0.385. The fraction of sp³-hybridized carbons (Fsp3) is 0.0579. The summed E-state index contributed by atoms with van der Waals surface area (Å²) in [5.41, 5.74) is 13.2. The second kappa shape index (κ2) is 44.0. The zero-order valence-electron chi connectivity index (χ0n) is 77.6. The third kappa shape index (κ3) is 21.4. The van der Waals surface area contributed by atoms with Gasteiger partial charge in [-0.3, -0.25) is 20.2 Å². The molecule has 0 saturated carbocycles. The largest absolute Gasteiger partial charge is 0.494 e. The number of hydrogen-bond donors (Lipinski definition) is 0. The van der Waals surface area contributed by atoms with Gasteiger partial charge in [-0.15, -0.1) is 45.3 Å². The third-order valence-corrected chi connectivity index (χ3v) is 36.6. The molecule has 1 fully saturated rings. The molecule has 0 unspecified atom stereocenters. The van der Waals surface area contributed by atoms with E-state index in [2.05, 4.69) is 478 Å². The molecule has 0 radical (unpaired) electrons. The fourth-order valence-electron chi connectivity index (χ4n) is 18.1. The summed E-state index contributed by atoms with van der Waals surface area (Å²) in [6.07, 6.45) is 1.05. The lowest BCUT2D eigenvalue weighted by Gasteiger charge is -2.32. The number of nitrogens with zero attached hydrogens (tertiary/aromatic N) is 3. The number of hydrogen-bond acceptors (Lipinski definition) is 11. The topological polar surface area (TPSA) is 123 Å². The Morgan fingerprint density at radius 1 is 0.347 bits per heavy atom. The molecule has 1 aliphatic heterocycles. The van der Waals surface area contributed by atoms with Gasteiger partial charge in [-0.25, -0.2) is 0 Å². The van der Waals surface area contributed by atoms with Gasteiger partial charge in [0.2, 0.25) is 0 Å². The standard InChI is InChI=1S/C24H14BrNO.C19H11BrS.C18H19BO2S.C18H10BrNO2S.C18H15P.C12H7BrS.C6H3Br2NO2.C6H5I/c25-15-10-11-17-19-12-13-20-18-8-4-5-9-22(18)27-24(20)23(19)26(21(17)14-15)16-6-2-1-3-7-16;20-12-5-6-13-11(9-12)10-17-14(13)7-8-16-15-3-1-2-4-18(15)21-19(16)17;1-17(2)18(3,4)21-19(20-17)12-9-10-14-13-7-5-6-8-15(13)22-16(14)11-12;19-12-6-8-13(16(10-12)20(21)22)11-5-7-15-14-3-1-2-4-17(14)23-18(15)9-11;1-4-10-16(11-5-1)19(17-12-6-2-7-13-17)18-14-8-3-9-15-18;13-8-5-6-10-9-3-1-2-4-11(9)14-12(10)7-8;7-4-1-2-5(8)6(3-4)9(10)11;7-6-4-2-1-3-5-6/h1-14H;1-9H,10H2;5-11H,1-4H3;1-10H;1-15H;1-7H;1-3H;1-5H. The van der Waals surface area contributed by atoms with Crippen LogP contribution in [0.1, 0.15) is 38.8 Å². The lowest BCUT2D eigenvalue weighted by Crippen LogP contribution is -2.41. The van der Waals surface area contributed by atoms with Crippen LogP contribution < -0.4 is 21.4 Å². The first-order valence-corrected chi connectivity index (χ1v) is 56.6. The first-order valence-electron chi connectivity index (χ1n) is 46.2. The van der Waals surface area contributed by atoms with Crippen molar-refractivity contribution in [2.24, 2.45) is 0 Å². The predicted molar refractivity (Wildman–Crippen MR) is 645 cm³/mol. The van der Waals surface area contributed by atoms with Crippen LogP contribution in [-0.2, 0) is 15.7 Å². The van der Waals surface area contributed by atoms with Gasteiger partial charge in [0.05, 0.1) is 42.1 Å². The van der Waals surface area contributed by atoms with Crippen molar-refractivity contribution in [3.63, 3.8) is 0 Å². The molecule has 0 atom stereocenters. The molecule has 706 valence electrons. The van der Waals surface area contributed by atoms with E-state index >= 15 is 0 Å². The van der Waals surface area contributed by atoms with Gasteiger partial charge >= 0.3 is 7.12 Å². The molecule has 1 aliphatic carbocycles. The number of halogens is 7. The van der Waals surface area contributed by atoms with E-state index in [1.165, 1.54) is 145 Å². The van der Waals surface area contributed by atoms with E-state index in [4.69, 9.17) is 13.7 Å². The van der Waals surface area contributed by atoms with Crippen LogP contribution in [0.15, 0.2) is 456 Å². The molecule has 6 aromatic heterocycles. The van der Waals surface area contributed by atoms with Gasteiger partial charge in [-0.05, 0) is 257 Å². The Kier molecular flexibility index (Phi) is 30.5. The number of aromatic nitrogens is 1. The molecule has 0 amide bonds. The molecular formula is C121H84BBr6IN3O7PS4. The number of nitro groups is 2. The number of rotatable bonds is 8. The van der Waals surface area contributed by atoms with Gasteiger partial charge in [-0.2, -0.15) is 0 Å². The van der Waals surface area contributed by atoms with Crippen LogP contribution in [-0.4, -0.2) is 32.7 Å². The third-order valence-electron chi connectivity index (χ3n) is 25.6. The lowest BCUT2D eigenvalue weighted by atomic mass is 9.79. The number of furan rings is 1. The quantitative estimate of drug-likeness (QED) is 0.0488. The van der Waals surface area contributed by atoms with E-state index in [0.717, 1.165) is 64.2 Å². The monoisotopic (exact) mass is 2460 g/mol. The minimum atomic E-state index is -0.446. The van der Waals surface area contributed by atoms with Crippen LogP contribution in [0.4, 0.5) is 11.4 Å². The maximum absolute atomic E-state index is 11.3. The van der Waals surface area contributed by atoms with Gasteiger partial charge in [0.15, 0.2) is 5.58 Å². The Morgan fingerprint density at radius 2 is 0.743 bits per heavy atom. The van der Waals surface area contributed by atoms with Crippen LogP contribution in [0.3, 0.4) is 0 Å². The van der Waals surface area contributed by atoms with E-state index in [0.29, 0.717) is 19.0 Å². The first-order chi connectivity index (χ1) is 69.9. The van der Waals surface area contributed by atoms with Crippen LogP contribution in [0.2, 0.25) is 0 Å². The number of para-hydroxylation sites is 2. The summed E-state index contributed by atoms with van der Waals surface area (Å²) in [4.78, 5) is 20.9. The minimum absolute atomic E-state index is 0.0689. The van der Waals surface area contributed by atoms with Crippen LogP contribution in [0, 0.1) is 23.8 Å².